The van der Waals surface area contributed by atoms with E-state index >= 15 is 0 Å². The van der Waals surface area contributed by atoms with Gasteiger partial charge in [0.15, 0.2) is 0 Å². The van der Waals surface area contributed by atoms with Gasteiger partial charge in [0.1, 0.15) is 0 Å². The van der Waals surface area contributed by atoms with E-state index in [2.05, 4.69) is 51.2 Å². The van der Waals surface area contributed by atoms with Crippen molar-refractivity contribution in [3.63, 3.8) is 0 Å². The van der Waals surface area contributed by atoms with E-state index in [1.807, 2.05) is 11.8 Å². The fourth-order valence-corrected chi connectivity index (χ4v) is 2.87. The molecule has 0 fully saturated rings. The summed E-state index contributed by atoms with van der Waals surface area (Å²) in [7, 11) is 0. The smallest absolute Gasteiger partial charge is 0.0545 e. The van der Waals surface area contributed by atoms with Crippen LogP contribution in [0.4, 0.5) is 0 Å². The molecule has 0 aliphatic heterocycles. The number of hydrogen-bond acceptors (Lipinski definition) is 2. The molecule has 102 valence electrons. The minimum atomic E-state index is 0.367. The Balaban J connectivity index is 2.66. The minimum absolute atomic E-state index is 0.367. The third-order valence-corrected chi connectivity index (χ3v) is 4.65. The van der Waals surface area contributed by atoms with Crippen LogP contribution >= 0.6 is 23.4 Å². The first-order chi connectivity index (χ1) is 8.54. The first-order valence-electron chi connectivity index (χ1n) is 6.70. The van der Waals surface area contributed by atoms with Crippen LogP contribution in [0.1, 0.15) is 45.7 Å². The lowest BCUT2D eigenvalue weighted by atomic mass is 10.1. The molecule has 1 unspecified atom stereocenters. The van der Waals surface area contributed by atoms with Gasteiger partial charge in [0.25, 0.3) is 0 Å². The second-order valence-electron chi connectivity index (χ2n) is 5.07. The average molecular weight is 286 g/mol. The van der Waals surface area contributed by atoms with Crippen LogP contribution in [0.25, 0.3) is 0 Å². The summed E-state index contributed by atoms with van der Waals surface area (Å²) in [6.07, 6.45) is 1.15. The Morgan fingerprint density at radius 1 is 1.28 bits per heavy atom. The van der Waals surface area contributed by atoms with Crippen molar-refractivity contribution in [3.05, 3.63) is 28.8 Å². The standard InChI is InChI=1S/C15H24ClNS/c1-5-8-17-12(4)13-6-7-15(14(16)9-13)18-10-11(2)3/h6-7,9,11-12,17H,5,8,10H2,1-4H3. The van der Waals surface area contributed by atoms with Crippen molar-refractivity contribution in [3.8, 4) is 0 Å². The van der Waals surface area contributed by atoms with Gasteiger partial charge in [-0.1, -0.05) is 38.4 Å². The van der Waals surface area contributed by atoms with Gasteiger partial charge in [0.05, 0.1) is 5.02 Å². The maximum atomic E-state index is 6.34. The molecule has 0 bridgehead atoms. The Morgan fingerprint density at radius 2 is 2.00 bits per heavy atom. The second-order valence-corrected chi connectivity index (χ2v) is 6.54. The van der Waals surface area contributed by atoms with Crippen LogP contribution in [-0.2, 0) is 0 Å². The molecule has 1 aromatic rings. The maximum Gasteiger partial charge on any atom is 0.0545 e. The van der Waals surface area contributed by atoms with Crippen molar-refractivity contribution in [1.29, 1.82) is 0 Å². The summed E-state index contributed by atoms with van der Waals surface area (Å²) in [4.78, 5) is 1.19. The van der Waals surface area contributed by atoms with Crippen LogP contribution in [0.15, 0.2) is 23.1 Å². The summed E-state index contributed by atoms with van der Waals surface area (Å²) in [6, 6.07) is 6.79. The largest absolute Gasteiger partial charge is 0.310 e. The van der Waals surface area contributed by atoms with Crippen LogP contribution in [0, 0.1) is 5.92 Å². The highest BCUT2D eigenvalue weighted by Gasteiger charge is 2.08. The fourth-order valence-electron chi connectivity index (χ4n) is 1.64. The molecule has 0 saturated carbocycles. The van der Waals surface area contributed by atoms with Gasteiger partial charge >= 0.3 is 0 Å². The highest BCUT2D eigenvalue weighted by molar-refractivity contribution is 7.99. The van der Waals surface area contributed by atoms with E-state index in [1.54, 1.807) is 0 Å². The molecule has 18 heavy (non-hydrogen) atoms. The lowest BCUT2D eigenvalue weighted by Crippen LogP contribution is -2.19. The molecule has 0 saturated heterocycles. The molecule has 3 heteroatoms. The monoisotopic (exact) mass is 285 g/mol. The summed E-state index contributed by atoms with van der Waals surface area (Å²) in [5.41, 5.74) is 1.27. The lowest BCUT2D eigenvalue weighted by molar-refractivity contribution is 0.570. The predicted molar refractivity (Wildman–Crippen MR) is 83.7 cm³/mol. The highest BCUT2D eigenvalue weighted by atomic mass is 35.5. The highest BCUT2D eigenvalue weighted by Crippen LogP contribution is 2.30. The molecule has 0 heterocycles. The van der Waals surface area contributed by atoms with Crippen molar-refractivity contribution >= 4 is 23.4 Å². The zero-order valence-corrected chi connectivity index (χ0v) is 13.4. The van der Waals surface area contributed by atoms with E-state index in [0.29, 0.717) is 12.0 Å². The zero-order valence-electron chi connectivity index (χ0n) is 11.8. The van der Waals surface area contributed by atoms with Gasteiger partial charge < -0.3 is 5.32 Å². The van der Waals surface area contributed by atoms with Crippen LogP contribution in [0.3, 0.4) is 0 Å². The molecule has 1 N–H and O–H groups in total. The normalized spacial score (nSPS) is 13.0. The molecule has 0 radical (unpaired) electrons. The molecule has 1 rings (SSSR count). The molecule has 0 amide bonds. The fraction of sp³-hybridized carbons (Fsp3) is 0.600. The van der Waals surface area contributed by atoms with Gasteiger partial charge in [0.2, 0.25) is 0 Å². The Bertz CT molecular complexity index is 366. The summed E-state index contributed by atoms with van der Waals surface area (Å²) < 4.78 is 0. The van der Waals surface area contributed by atoms with Crippen LogP contribution < -0.4 is 5.32 Å². The van der Waals surface area contributed by atoms with Gasteiger partial charge in [-0.3, -0.25) is 0 Å². The van der Waals surface area contributed by atoms with Crippen molar-refractivity contribution < 1.29 is 0 Å². The summed E-state index contributed by atoms with van der Waals surface area (Å²) >= 11 is 8.18. The van der Waals surface area contributed by atoms with Crippen LogP contribution in [-0.4, -0.2) is 12.3 Å². The van der Waals surface area contributed by atoms with Gasteiger partial charge in [-0.15, -0.1) is 11.8 Å². The number of rotatable bonds is 7. The Morgan fingerprint density at radius 3 is 2.56 bits per heavy atom. The number of benzene rings is 1. The molecule has 0 aliphatic carbocycles. The van der Waals surface area contributed by atoms with Crippen molar-refractivity contribution in [2.75, 3.05) is 12.3 Å². The third kappa shape index (κ3) is 5.21. The number of hydrogen-bond donors (Lipinski definition) is 1. The molecule has 0 aliphatic rings. The van der Waals surface area contributed by atoms with E-state index in [0.717, 1.165) is 23.7 Å². The topological polar surface area (TPSA) is 12.0 Å². The van der Waals surface area contributed by atoms with E-state index in [9.17, 15) is 0 Å². The molecular formula is C15H24ClNS. The minimum Gasteiger partial charge on any atom is -0.310 e. The molecule has 1 nitrogen and oxygen atoms in total. The quantitative estimate of drug-likeness (QED) is 0.696. The maximum absolute atomic E-state index is 6.34. The third-order valence-electron chi connectivity index (χ3n) is 2.73. The molecule has 0 spiro atoms. The van der Waals surface area contributed by atoms with Gasteiger partial charge in [-0.05, 0) is 43.5 Å². The Labute approximate surface area is 121 Å². The van der Waals surface area contributed by atoms with E-state index in [-0.39, 0.29) is 0 Å². The Kier molecular flexibility index (Phi) is 7.13. The average Bonchev–Trinajstić information content (AvgIpc) is 2.34. The SMILES string of the molecule is CCCNC(C)c1ccc(SCC(C)C)c(Cl)c1. The van der Waals surface area contributed by atoms with Crippen molar-refractivity contribution in [2.45, 2.75) is 45.1 Å². The summed E-state index contributed by atoms with van der Waals surface area (Å²) in [5, 5.41) is 4.36. The van der Waals surface area contributed by atoms with E-state index < -0.39 is 0 Å². The van der Waals surface area contributed by atoms with Gasteiger partial charge in [0, 0.05) is 16.7 Å². The number of thioether (sulfide) groups is 1. The molecule has 0 aromatic heterocycles. The van der Waals surface area contributed by atoms with E-state index in [1.165, 1.54) is 10.5 Å². The van der Waals surface area contributed by atoms with Gasteiger partial charge in [-0.2, -0.15) is 0 Å². The Hall–Kier alpha value is -0.180. The van der Waals surface area contributed by atoms with E-state index in [4.69, 9.17) is 11.6 Å². The van der Waals surface area contributed by atoms with Crippen molar-refractivity contribution in [1.82, 2.24) is 5.32 Å². The first-order valence-corrected chi connectivity index (χ1v) is 8.06. The number of halogens is 1. The first kappa shape index (κ1) is 15.9. The van der Waals surface area contributed by atoms with Crippen LogP contribution in [0.5, 0.6) is 0 Å². The molecule has 1 aromatic carbocycles. The second kappa shape index (κ2) is 8.08. The van der Waals surface area contributed by atoms with Gasteiger partial charge in [-0.25, -0.2) is 0 Å². The lowest BCUT2D eigenvalue weighted by Gasteiger charge is -2.15. The molecular weight excluding hydrogens is 262 g/mol. The predicted octanol–water partition coefficient (Wildman–Crippen LogP) is 5.15. The van der Waals surface area contributed by atoms with Crippen LogP contribution in [0.2, 0.25) is 5.02 Å². The number of nitrogens with one attached hydrogen (secondary N) is 1. The molecule has 1 atom stereocenters. The summed E-state index contributed by atoms with van der Waals surface area (Å²) in [5.74, 6) is 1.80. The van der Waals surface area contributed by atoms with Crippen molar-refractivity contribution in [2.24, 2.45) is 5.92 Å². The summed E-state index contributed by atoms with van der Waals surface area (Å²) in [6.45, 7) is 9.86. The zero-order chi connectivity index (χ0) is 13.5.